The molecule has 0 bridgehead atoms. The van der Waals surface area contributed by atoms with E-state index < -0.39 is 12.0 Å². The Kier molecular flexibility index (Phi) is 11.5. The molecule has 0 spiro atoms. The summed E-state index contributed by atoms with van der Waals surface area (Å²) in [5.41, 5.74) is 3.13. The normalized spacial score (nSPS) is 11.4. The largest absolute Gasteiger partial charge is 0.494 e. The summed E-state index contributed by atoms with van der Waals surface area (Å²) in [4.78, 5) is 39.9. The number of para-hydroxylation sites is 2. The fourth-order valence-corrected chi connectivity index (χ4v) is 4.78. The van der Waals surface area contributed by atoms with Crippen LogP contribution < -0.4 is 15.0 Å². The van der Waals surface area contributed by atoms with Gasteiger partial charge in [0, 0.05) is 41.9 Å². The Morgan fingerprint density at radius 2 is 1.47 bits per heavy atom. The lowest BCUT2D eigenvalue weighted by molar-refractivity contribution is -0.137. The minimum absolute atomic E-state index is 0.117. The molecule has 4 aromatic rings. The molecule has 0 fully saturated rings. The molecule has 222 valence electrons. The number of benzene rings is 4. The molecule has 7 nitrogen and oxygen atoms in total. The summed E-state index contributed by atoms with van der Waals surface area (Å²) in [5, 5.41) is 13.0. The van der Waals surface area contributed by atoms with E-state index in [9.17, 15) is 19.5 Å². The molecule has 0 aromatic heterocycles. The molecule has 2 N–H and O–H groups in total. The van der Waals surface area contributed by atoms with Crippen LogP contribution in [0.5, 0.6) is 5.75 Å². The zero-order valence-corrected chi connectivity index (χ0v) is 24.4. The molecule has 43 heavy (non-hydrogen) atoms. The van der Waals surface area contributed by atoms with E-state index in [2.05, 4.69) is 12.2 Å². The van der Waals surface area contributed by atoms with Crippen molar-refractivity contribution in [1.29, 1.82) is 0 Å². The average Bonchev–Trinajstić information content (AvgIpc) is 3.04. The molecule has 0 unspecified atom stereocenters. The first kappa shape index (κ1) is 31.0. The highest BCUT2D eigenvalue weighted by molar-refractivity contribution is 6.12. The molecular formula is C36H38N2O5. The van der Waals surface area contributed by atoms with Crippen molar-refractivity contribution in [2.75, 3.05) is 23.4 Å². The number of nitrogens with zero attached hydrogens (tertiary/aromatic N) is 1. The van der Waals surface area contributed by atoms with Crippen LogP contribution in [0.15, 0.2) is 109 Å². The van der Waals surface area contributed by atoms with Crippen molar-refractivity contribution < 1.29 is 24.2 Å². The van der Waals surface area contributed by atoms with Gasteiger partial charge in [-0.05, 0) is 54.8 Å². The SMILES string of the molecule is CCCCC(=O)N(CCCOc1ccc(C[C@H](Nc2ccccc2C(=O)c2ccccc2)C(=O)O)cc1)c1ccccc1. The van der Waals surface area contributed by atoms with Gasteiger partial charge in [-0.15, -0.1) is 0 Å². The fraction of sp³-hybridized carbons (Fsp3) is 0.250. The van der Waals surface area contributed by atoms with E-state index in [1.54, 1.807) is 48.5 Å². The highest BCUT2D eigenvalue weighted by Crippen LogP contribution is 2.22. The second-order valence-electron chi connectivity index (χ2n) is 10.3. The number of carboxylic acid groups (broad SMARTS) is 1. The maximum Gasteiger partial charge on any atom is 0.326 e. The number of ketones is 1. The molecule has 0 aliphatic carbocycles. The monoisotopic (exact) mass is 578 g/mol. The van der Waals surface area contributed by atoms with E-state index in [1.807, 2.05) is 65.6 Å². The topological polar surface area (TPSA) is 95.9 Å². The summed E-state index contributed by atoms with van der Waals surface area (Å²) >= 11 is 0. The first-order chi connectivity index (χ1) is 21.0. The van der Waals surface area contributed by atoms with Crippen LogP contribution in [-0.2, 0) is 16.0 Å². The number of carbonyl (C=O) groups excluding carboxylic acids is 2. The summed E-state index contributed by atoms with van der Waals surface area (Å²) in [6, 6.07) is 32.0. The Bertz CT molecular complexity index is 1470. The number of hydrogen-bond acceptors (Lipinski definition) is 5. The van der Waals surface area contributed by atoms with Gasteiger partial charge in [0.1, 0.15) is 11.8 Å². The average molecular weight is 579 g/mol. The molecule has 0 aliphatic heterocycles. The molecule has 0 radical (unpaired) electrons. The van der Waals surface area contributed by atoms with Crippen molar-refractivity contribution in [3.05, 3.63) is 126 Å². The molecule has 4 rings (SSSR count). The summed E-state index contributed by atoms with van der Waals surface area (Å²) in [6.07, 6.45) is 3.24. The third-order valence-corrected chi connectivity index (χ3v) is 7.11. The van der Waals surface area contributed by atoms with E-state index in [0.717, 1.165) is 24.1 Å². The van der Waals surface area contributed by atoms with Gasteiger partial charge in [0.15, 0.2) is 5.78 Å². The first-order valence-electron chi connectivity index (χ1n) is 14.7. The molecular weight excluding hydrogens is 540 g/mol. The minimum Gasteiger partial charge on any atom is -0.494 e. The third kappa shape index (κ3) is 9.04. The number of amides is 1. The highest BCUT2D eigenvalue weighted by Gasteiger charge is 2.21. The minimum atomic E-state index is -1.02. The summed E-state index contributed by atoms with van der Waals surface area (Å²) in [6.45, 7) is 3.08. The van der Waals surface area contributed by atoms with Gasteiger partial charge in [0.25, 0.3) is 0 Å². The van der Waals surface area contributed by atoms with Gasteiger partial charge in [-0.3, -0.25) is 9.59 Å². The van der Waals surface area contributed by atoms with Crippen molar-refractivity contribution >= 4 is 29.0 Å². The Labute approximate surface area is 253 Å². The number of aliphatic carboxylic acids is 1. The summed E-state index contributed by atoms with van der Waals surface area (Å²) in [5.74, 6) is -0.401. The number of anilines is 2. The number of unbranched alkanes of at least 4 members (excludes halogenated alkanes) is 1. The van der Waals surface area contributed by atoms with Crippen LogP contribution in [-0.4, -0.2) is 42.0 Å². The maximum atomic E-state index is 13.1. The van der Waals surface area contributed by atoms with Gasteiger partial charge >= 0.3 is 5.97 Å². The molecule has 4 aromatic carbocycles. The van der Waals surface area contributed by atoms with E-state index in [1.165, 1.54) is 0 Å². The molecule has 1 atom stereocenters. The van der Waals surface area contributed by atoms with Gasteiger partial charge in [0.05, 0.1) is 6.61 Å². The van der Waals surface area contributed by atoms with Gasteiger partial charge in [-0.1, -0.05) is 86.1 Å². The molecule has 7 heteroatoms. The number of nitrogens with one attached hydrogen (secondary N) is 1. The van der Waals surface area contributed by atoms with Crippen LogP contribution in [0, 0.1) is 0 Å². The predicted octanol–water partition coefficient (Wildman–Crippen LogP) is 7.02. The Morgan fingerprint density at radius 3 is 2.14 bits per heavy atom. The van der Waals surface area contributed by atoms with Crippen molar-refractivity contribution in [1.82, 2.24) is 0 Å². The van der Waals surface area contributed by atoms with Gasteiger partial charge in [-0.2, -0.15) is 0 Å². The van der Waals surface area contributed by atoms with Crippen molar-refractivity contribution in [3.8, 4) is 5.75 Å². The lowest BCUT2D eigenvalue weighted by Gasteiger charge is -2.23. The molecule has 0 saturated carbocycles. The van der Waals surface area contributed by atoms with Crippen LogP contribution in [0.2, 0.25) is 0 Å². The van der Waals surface area contributed by atoms with Gasteiger partial charge in [0.2, 0.25) is 5.91 Å². The number of hydrogen-bond donors (Lipinski definition) is 2. The van der Waals surface area contributed by atoms with Crippen LogP contribution >= 0.6 is 0 Å². The number of carbonyl (C=O) groups is 3. The van der Waals surface area contributed by atoms with Crippen molar-refractivity contribution in [2.45, 2.75) is 45.1 Å². The van der Waals surface area contributed by atoms with E-state index in [4.69, 9.17) is 4.74 Å². The zero-order valence-electron chi connectivity index (χ0n) is 24.4. The fourth-order valence-electron chi connectivity index (χ4n) is 4.78. The smallest absolute Gasteiger partial charge is 0.326 e. The number of rotatable bonds is 16. The second kappa shape index (κ2) is 15.9. The number of ether oxygens (including phenoxy) is 1. The quantitative estimate of drug-likeness (QED) is 0.110. The summed E-state index contributed by atoms with van der Waals surface area (Å²) in [7, 11) is 0. The van der Waals surface area contributed by atoms with Crippen molar-refractivity contribution in [2.24, 2.45) is 0 Å². The standard InChI is InChI=1S/C36H38N2O5/c1-2-3-19-34(39)38(29-15-8-5-9-16-29)24-12-25-43-30-22-20-27(21-23-30)26-33(36(41)42)37-32-18-11-10-17-31(32)35(40)28-13-6-4-7-14-28/h4-11,13-18,20-23,33,37H,2-3,12,19,24-26H2,1H3,(H,41,42)/t33-/m0/s1. The number of carboxylic acids is 1. The molecule has 0 aliphatic rings. The van der Waals surface area contributed by atoms with Gasteiger partial charge in [-0.25, -0.2) is 4.79 Å². The lowest BCUT2D eigenvalue weighted by Crippen LogP contribution is -2.32. The highest BCUT2D eigenvalue weighted by atomic mass is 16.5. The molecule has 0 saturated heterocycles. The van der Waals surface area contributed by atoms with E-state index in [-0.39, 0.29) is 18.1 Å². The lowest BCUT2D eigenvalue weighted by atomic mass is 10.00. The van der Waals surface area contributed by atoms with Crippen LogP contribution in [0.25, 0.3) is 0 Å². The molecule has 1 amide bonds. The van der Waals surface area contributed by atoms with Gasteiger partial charge < -0.3 is 20.1 Å². The zero-order chi connectivity index (χ0) is 30.4. The van der Waals surface area contributed by atoms with Crippen molar-refractivity contribution in [3.63, 3.8) is 0 Å². The van der Waals surface area contributed by atoms with Crippen LogP contribution in [0.3, 0.4) is 0 Å². The third-order valence-electron chi connectivity index (χ3n) is 7.11. The Morgan fingerprint density at radius 1 is 0.814 bits per heavy atom. The summed E-state index contributed by atoms with van der Waals surface area (Å²) < 4.78 is 5.93. The van der Waals surface area contributed by atoms with E-state index >= 15 is 0 Å². The molecule has 0 heterocycles. The van der Waals surface area contributed by atoms with E-state index in [0.29, 0.717) is 48.6 Å². The first-order valence-corrected chi connectivity index (χ1v) is 14.7. The second-order valence-corrected chi connectivity index (χ2v) is 10.3. The van der Waals surface area contributed by atoms with Crippen LogP contribution in [0.1, 0.15) is 54.1 Å². The predicted molar refractivity (Wildman–Crippen MR) is 170 cm³/mol. The maximum absolute atomic E-state index is 13.1. The van der Waals surface area contributed by atoms with Crippen LogP contribution in [0.4, 0.5) is 11.4 Å². The Balaban J connectivity index is 1.33. The Hall–Kier alpha value is -4.91.